The van der Waals surface area contributed by atoms with E-state index in [0.717, 1.165) is 43.9 Å². The maximum absolute atomic E-state index is 11.2. The van der Waals surface area contributed by atoms with Crippen molar-refractivity contribution in [2.45, 2.75) is 39.2 Å². The van der Waals surface area contributed by atoms with E-state index >= 15 is 0 Å². The Morgan fingerprint density at radius 3 is 2.79 bits per heavy atom. The molecule has 0 amide bonds. The molecule has 106 valence electrons. The largest absolute Gasteiger partial charge is 0.481 e. The number of nitrogens with zero attached hydrogens (tertiary/aromatic N) is 3. The Morgan fingerprint density at radius 2 is 2.16 bits per heavy atom. The molecule has 0 radical (unpaired) electrons. The van der Waals surface area contributed by atoms with Gasteiger partial charge in [0.15, 0.2) is 0 Å². The minimum atomic E-state index is -0.652. The first kappa shape index (κ1) is 14.0. The molecule has 2 unspecified atom stereocenters. The quantitative estimate of drug-likeness (QED) is 0.834. The normalized spacial score (nSPS) is 23.5. The summed E-state index contributed by atoms with van der Waals surface area (Å²) in [6.45, 7) is 3.29. The van der Waals surface area contributed by atoms with Crippen molar-refractivity contribution in [1.29, 1.82) is 0 Å². The average molecular weight is 266 g/mol. The minimum absolute atomic E-state index is 0.192. The first-order valence-electron chi connectivity index (χ1n) is 6.88. The zero-order valence-corrected chi connectivity index (χ0v) is 11.6. The zero-order valence-electron chi connectivity index (χ0n) is 11.6. The van der Waals surface area contributed by atoms with Crippen LogP contribution in [0.15, 0.2) is 0 Å². The van der Waals surface area contributed by atoms with Gasteiger partial charge in [0.25, 0.3) is 0 Å². The van der Waals surface area contributed by atoms with Crippen molar-refractivity contribution >= 4 is 5.97 Å². The average Bonchev–Trinajstić information content (AvgIpc) is 2.71. The summed E-state index contributed by atoms with van der Waals surface area (Å²) >= 11 is 0. The van der Waals surface area contributed by atoms with Crippen LogP contribution in [0.3, 0.4) is 0 Å². The molecule has 0 bridgehead atoms. The molecule has 0 aromatic carbocycles. The fourth-order valence-corrected chi connectivity index (χ4v) is 2.75. The number of aliphatic carboxylic acids is 1. The topological polar surface area (TPSA) is 80.0 Å². The highest BCUT2D eigenvalue weighted by Crippen LogP contribution is 2.29. The van der Waals surface area contributed by atoms with E-state index in [4.69, 9.17) is 0 Å². The molecule has 1 aliphatic carbocycles. The summed E-state index contributed by atoms with van der Waals surface area (Å²) in [4.78, 5) is 11.2. The molecule has 1 aromatic rings. The molecule has 19 heavy (non-hydrogen) atoms. The van der Waals surface area contributed by atoms with E-state index in [1.54, 1.807) is 0 Å². The first-order valence-corrected chi connectivity index (χ1v) is 6.88. The molecular formula is C13H22N4O2. The summed E-state index contributed by atoms with van der Waals surface area (Å²) < 4.78 is 1.95. The lowest BCUT2D eigenvalue weighted by Crippen LogP contribution is -2.34. The third-order valence-electron chi connectivity index (χ3n) is 4.10. The van der Waals surface area contributed by atoms with Gasteiger partial charge in [-0.05, 0) is 32.2 Å². The van der Waals surface area contributed by atoms with Crippen molar-refractivity contribution in [2.24, 2.45) is 18.9 Å². The number of aromatic nitrogens is 3. The van der Waals surface area contributed by atoms with Gasteiger partial charge in [-0.1, -0.05) is 12.8 Å². The molecule has 2 atom stereocenters. The number of carboxylic acid groups (broad SMARTS) is 1. The Hall–Kier alpha value is -1.43. The maximum atomic E-state index is 11.2. The Bertz CT molecular complexity index is 444. The predicted octanol–water partition coefficient (Wildman–Crippen LogP) is 1.10. The van der Waals surface area contributed by atoms with Gasteiger partial charge in [-0.3, -0.25) is 4.79 Å². The van der Waals surface area contributed by atoms with Crippen LogP contribution in [0.4, 0.5) is 0 Å². The molecule has 1 heterocycles. The summed E-state index contributed by atoms with van der Waals surface area (Å²) in [6, 6.07) is 0. The molecule has 2 rings (SSSR count). The van der Waals surface area contributed by atoms with Gasteiger partial charge in [0.2, 0.25) is 0 Å². The standard InChI is InChI=1S/C13H22N4O2/c1-9-15-16-12(17(9)2)8-14-7-10-5-3-4-6-11(10)13(18)19/h10-11,14H,3-8H2,1-2H3,(H,18,19). The molecular weight excluding hydrogens is 244 g/mol. The van der Waals surface area contributed by atoms with Gasteiger partial charge in [0, 0.05) is 7.05 Å². The SMILES string of the molecule is Cc1nnc(CNCC2CCCCC2C(=O)O)n1C. The van der Waals surface area contributed by atoms with Crippen LogP contribution in [0.1, 0.15) is 37.3 Å². The van der Waals surface area contributed by atoms with E-state index in [0.29, 0.717) is 6.54 Å². The minimum Gasteiger partial charge on any atom is -0.481 e. The van der Waals surface area contributed by atoms with E-state index in [1.165, 1.54) is 0 Å². The van der Waals surface area contributed by atoms with Crippen molar-refractivity contribution in [3.05, 3.63) is 11.6 Å². The Kier molecular flexibility index (Phi) is 4.52. The van der Waals surface area contributed by atoms with Gasteiger partial charge < -0.3 is 15.0 Å². The van der Waals surface area contributed by atoms with Crippen molar-refractivity contribution in [2.75, 3.05) is 6.54 Å². The molecule has 6 nitrogen and oxygen atoms in total. The molecule has 0 saturated heterocycles. The number of aryl methyl sites for hydroxylation is 1. The lowest BCUT2D eigenvalue weighted by molar-refractivity contribution is -0.144. The molecule has 1 aromatic heterocycles. The van der Waals surface area contributed by atoms with Gasteiger partial charge >= 0.3 is 5.97 Å². The second-order valence-electron chi connectivity index (χ2n) is 5.34. The van der Waals surface area contributed by atoms with Crippen molar-refractivity contribution in [3.8, 4) is 0 Å². The fraction of sp³-hybridized carbons (Fsp3) is 0.769. The summed E-state index contributed by atoms with van der Waals surface area (Å²) in [7, 11) is 1.94. The van der Waals surface area contributed by atoms with Crippen LogP contribution in [-0.4, -0.2) is 32.4 Å². The number of nitrogens with one attached hydrogen (secondary N) is 1. The van der Waals surface area contributed by atoms with Crippen LogP contribution >= 0.6 is 0 Å². The monoisotopic (exact) mass is 266 g/mol. The molecule has 0 aliphatic heterocycles. The number of hydrogen-bond acceptors (Lipinski definition) is 4. The third-order valence-corrected chi connectivity index (χ3v) is 4.10. The molecule has 1 aliphatic rings. The highest BCUT2D eigenvalue weighted by atomic mass is 16.4. The first-order chi connectivity index (χ1) is 9.09. The van der Waals surface area contributed by atoms with E-state index in [9.17, 15) is 9.90 Å². The molecule has 1 saturated carbocycles. The van der Waals surface area contributed by atoms with E-state index in [-0.39, 0.29) is 11.8 Å². The lowest BCUT2D eigenvalue weighted by atomic mass is 9.79. The summed E-state index contributed by atoms with van der Waals surface area (Å²) in [5, 5.41) is 20.6. The maximum Gasteiger partial charge on any atom is 0.306 e. The summed E-state index contributed by atoms with van der Waals surface area (Å²) in [5.41, 5.74) is 0. The highest BCUT2D eigenvalue weighted by Gasteiger charge is 2.30. The summed E-state index contributed by atoms with van der Waals surface area (Å²) in [6.07, 6.45) is 3.99. The van der Waals surface area contributed by atoms with Gasteiger partial charge in [0.05, 0.1) is 12.5 Å². The van der Waals surface area contributed by atoms with Crippen LogP contribution < -0.4 is 5.32 Å². The van der Waals surface area contributed by atoms with Gasteiger partial charge in [-0.2, -0.15) is 0 Å². The second kappa shape index (κ2) is 6.14. The fourth-order valence-electron chi connectivity index (χ4n) is 2.75. The Balaban J connectivity index is 1.84. The summed E-state index contributed by atoms with van der Waals surface area (Å²) in [5.74, 6) is 1.17. The molecule has 6 heteroatoms. The molecule has 0 spiro atoms. The predicted molar refractivity (Wildman–Crippen MR) is 70.5 cm³/mol. The smallest absolute Gasteiger partial charge is 0.306 e. The highest BCUT2D eigenvalue weighted by molar-refractivity contribution is 5.70. The second-order valence-corrected chi connectivity index (χ2v) is 5.34. The lowest BCUT2D eigenvalue weighted by Gasteiger charge is -2.28. The Labute approximate surface area is 113 Å². The van der Waals surface area contributed by atoms with E-state index in [2.05, 4.69) is 15.5 Å². The number of rotatable bonds is 5. The Morgan fingerprint density at radius 1 is 1.42 bits per heavy atom. The van der Waals surface area contributed by atoms with Crippen molar-refractivity contribution in [3.63, 3.8) is 0 Å². The van der Waals surface area contributed by atoms with Gasteiger partial charge in [-0.25, -0.2) is 0 Å². The zero-order chi connectivity index (χ0) is 13.8. The van der Waals surface area contributed by atoms with E-state index < -0.39 is 5.97 Å². The number of carboxylic acids is 1. The van der Waals surface area contributed by atoms with Gasteiger partial charge in [0.1, 0.15) is 11.6 Å². The van der Waals surface area contributed by atoms with Crippen molar-refractivity contribution < 1.29 is 9.90 Å². The van der Waals surface area contributed by atoms with E-state index in [1.807, 2.05) is 18.5 Å². The van der Waals surface area contributed by atoms with Crippen LogP contribution in [0.25, 0.3) is 0 Å². The molecule has 1 fully saturated rings. The third kappa shape index (κ3) is 3.32. The van der Waals surface area contributed by atoms with Crippen LogP contribution in [0.2, 0.25) is 0 Å². The van der Waals surface area contributed by atoms with Crippen LogP contribution in [0, 0.1) is 18.8 Å². The van der Waals surface area contributed by atoms with Crippen LogP contribution in [-0.2, 0) is 18.4 Å². The van der Waals surface area contributed by atoms with Crippen LogP contribution in [0.5, 0.6) is 0 Å². The number of carbonyl (C=O) groups is 1. The van der Waals surface area contributed by atoms with Crippen molar-refractivity contribution in [1.82, 2.24) is 20.1 Å². The number of hydrogen-bond donors (Lipinski definition) is 2. The molecule has 2 N–H and O–H groups in total. The van der Waals surface area contributed by atoms with Gasteiger partial charge in [-0.15, -0.1) is 10.2 Å².